The van der Waals surface area contributed by atoms with Gasteiger partial charge in [-0.15, -0.1) is 0 Å². The molecule has 1 saturated heterocycles. The number of rotatable bonds is 5. The van der Waals surface area contributed by atoms with Crippen molar-refractivity contribution in [3.8, 4) is 0 Å². The minimum atomic E-state index is -1.16. The Morgan fingerprint density at radius 2 is 1.50 bits per heavy atom. The molecule has 0 unspecified atom stereocenters. The zero-order chi connectivity index (χ0) is 22.0. The van der Waals surface area contributed by atoms with Crippen molar-refractivity contribution < 1.29 is 19.2 Å². The lowest BCUT2D eigenvalue weighted by molar-refractivity contribution is -0.165. The van der Waals surface area contributed by atoms with Crippen LogP contribution in [-0.4, -0.2) is 39.6 Å². The molecule has 1 aliphatic rings. The van der Waals surface area contributed by atoms with Crippen molar-refractivity contribution in [2.24, 2.45) is 0 Å². The van der Waals surface area contributed by atoms with Gasteiger partial charge in [0.1, 0.15) is 6.04 Å². The van der Waals surface area contributed by atoms with E-state index in [4.69, 9.17) is 34.8 Å². The van der Waals surface area contributed by atoms with Crippen molar-refractivity contribution in [2.45, 2.75) is 32.2 Å². The summed E-state index contributed by atoms with van der Waals surface area (Å²) >= 11 is 18.0. The largest absolute Gasteiger partial charge is 0.292 e. The zero-order valence-corrected chi connectivity index (χ0v) is 18.2. The summed E-state index contributed by atoms with van der Waals surface area (Å²) in [6.07, 6.45) is 0.564. The highest BCUT2D eigenvalue weighted by molar-refractivity contribution is 6.36. The molecule has 3 amide bonds. The standard InChI is InChI=1S/C21H17Cl3N2O4/c1-12(20(29)13-5-7-14(22)8-6-13)25(26-18(27)3-2-4-19(26)28)21(30)16-10-9-15(23)11-17(16)24/h5-12H,2-4H2,1H3/t12-/m1/s1. The number of carbonyl (C=O) groups excluding carboxylic acids is 4. The van der Waals surface area contributed by atoms with Gasteiger partial charge < -0.3 is 0 Å². The van der Waals surface area contributed by atoms with E-state index in [1.807, 2.05) is 0 Å². The minimum absolute atomic E-state index is 0.0167. The first-order chi connectivity index (χ1) is 14.2. The first-order valence-electron chi connectivity index (χ1n) is 9.14. The molecular formula is C21H17Cl3N2O4. The summed E-state index contributed by atoms with van der Waals surface area (Å²) in [5.74, 6) is -2.33. The molecule has 1 atom stereocenters. The molecule has 9 heteroatoms. The summed E-state index contributed by atoms with van der Waals surface area (Å²) in [6, 6.07) is 9.18. The summed E-state index contributed by atoms with van der Waals surface area (Å²) in [5.41, 5.74) is 0.298. The third kappa shape index (κ3) is 4.51. The van der Waals surface area contributed by atoms with Gasteiger partial charge in [0.25, 0.3) is 5.91 Å². The van der Waals surface area contributed by atoms with Crippen LogP contribution in [0.1, 0.15) is 46.9 Å². The van der Waals surface area contributed by atoms with Crippen LogP contribution < -0.4 is 0 Å². The molecule has 0 bridgehead atoms. The van der Waals surface area contributed by atoms with Gasteiger partial charge in [0, 0.05) is 28.5 Å². The quantitative estimate of drug-likeness (QED) is 0.467. The molecule has 30 heavy (non-hydrogen) atoms. The molecule has 2 aromatic carbocycles. The predicted molar refractivity (Wildman–Crippen MR) is 114 cm³/mol. The SMILES string of the molecule is C[C@H](C(=O)c1ccc(Cl)cc1)N(C(=O)c1ccc(Cl)cc1Cl)N1C(=O)CCCC1=O. The molecule has 2 aromatic rings. The molecule has 1 fully saturated rings. The molecule has 0 aromatic heterocycles. The van der Waals surface area contributed by atoms with Gasteiger partial charge in [-0.3, -0.25) is 19.2 Å². The number of Topliss-reactive ketones (excluding diaryl/α,β-unsaturated/α-hetero) is 1. The Hall–Kier alpha value is -2.41. The number of carbonyl (C=O) groups is 4. The van der Waals surface area contributed by atoms with E-state index in [0.717, 1.165) is 10.0 Å². The Morgan fingerprint density at radius 1 is 0.933 bits per heavy atom. The van der Waals surface area contributed by atoms with Crippen LogP contribution in [0, 0.1) is 0 Å². The van der Waals surface area contributed by atoms with E-state index in [2.05, 4.69) is 0 Å². The van der Waals surface area contributed by atoms with E-state index in [1.54, 1.807) is 12.1 Å². The van der Waals surface area contributed by atoms with Crippen molar-refractivity contribution in [3.05, 3.63) is 68.7 Å². The van der Waals surface area contributed by atoms with E-state index in [-0.39, 0.29) is 29.0 Å². The molecule has 0 N–H and O–H groups in total. The number of piperidine rings is 1. The average Bonchev–Trinajstić information content (AvgIpc) is 2.70. The number of nitrogens with zero attached hydrogens (tertiary/aromatic N) is 2. The van der Waals surface area contributed by atoms with Gasteiger partial charge in [-0.2, -0.15) is 5.01 Å². The third-order valence-electron chi connectivity index (χ3n) is 4.71. The van der Waals surface area contributed by atoms with Gasteiger partial charge in [-0.1, -0.05) is 34.8 Å². The summed E-state index contributed by atoms with van der Waals surface area (Å²) in [7, 11) is 0. The van der Waals surface area contributed by atoms with Crippen LogP contribution in [0.2, 0.25) is 15.1 Å². The second-order valence-electron chi connectivity index (χ2n) is 6.77. The first kappa shape index (κ1) is 22.3. The van der Waals surface area contributed by atoms with Crippen molar-refractivity contribution in [3.63, 3.8) is 0 Å². The number of imide groups is 1. The molecular weight excluding hydrogens is 451 g/mol. The molecule has 3 rings (SSSR count). The minimum Gasteiger partial charge on any atom is -0.292 e. The van der Waals surface area contributed by atoms with Gasteiger partial charge in [-0.05, 0) is 55.8 Å². The van der Waals surface area contributed by atoms with Crippen LogP contribution in [0.5, 0.6) is 0 Å². The normalized spacial score (nSPS) is 15.1. The van der Waals surface area contributed by atoms with E-state index in [0.29, 0.717) is 16.5 Å². The molecule has 156 valence electrons. The van der Waals surface area contributed by atoms with Crippen molar-refractivity contribution >= 4 is 58.3 Å². The fraction of sp³-hybridized carbons (Fsp3) is 0.238. The van der Waals surface area contributed by atoms with Crippen molar-refractivity contribution in [1.29, 1.82) is 0 Å². The maximum absolute atomic E-state index is 13.4. The van der Waals surface area contributed by atoms with E-state index in [1.165, 1.54) is 37.3 Å². The van der Waals surface area contributed by atoms with Crippen LogP contribution in [0.3, 0.4) is 0 Å². The summed E-state index contributed by atoms with van der Waals surface area (Å²) in [4.78, 5) is 51.6. The van der Waals surface area contributed by atoms with Crippen LogP contribution in [0.25, 0.3) is 0 Å². The lowest BCUT2D eigenvalue weighted by Gasteiger charge is -2.38. The predicted octanol–water partition coefficient (Wildman–Crippen LogP) is 4.81. The number of halogens is 3. The summed E-state index contributed by atoms with van der Waals surface area (Å²) < 4.78 is 0. The van der Waals surface area contributed by atoms with Crippen LogP contribution in [0.4, 0.5) is 0 Å². The van der Waals surface area contributed by atoms with Crippen LogP contribution >= 0.6 is 34.8 Å². The number of amides is 3. The number of hydrazine groups is 1. The van der Waals surface area contributed by atoms with Gasteiger partial charge in [0.2, 0.25) is 11.8 Å². The van der Waals surface area contributed by atoms with Crippen molar-refractivity contribution in [1.82, 2.24) is 10.0 Å². The first-order valence-corrected chi connectivity index (χ1v) is 10.3. The van der Waals surface area contributed by atoms with E-state index in [9.17, 15) is 19.2 Å². The monoisotopic (exact) mass is 466 g/mol. The molecule has 0 saturated carbocycles. The molecule has 1 aliphatic heterocycles. The number of benzene rings is 2. The third-order valence-corrected chi connectivity index (χ3v) is 5.51. The number of hydrogen-bond acceptors (Lipinski definition) is 4. The Morgan fingerprint density at radius 3 is 2.07 bits per heavy atom. The average molecular weight is 468 g/mol. The van der Waals surface area contributed by atoms with E-state index >= 15 is 0 Å². The molecule has 0 radical (unpaired) electrons. The Labute approximate surface area is 188 Å². The highest BCUT2D eigenvalue weighted by Gasteiger charge is 2.40. The van der Waals surface area contributed by atoms with Gasteiger partial charge in [-0.25, -0.2) is 5.01 Å². The second-order valence-corrected chi connectivity index (χ2v) is 8.05. The van der Waals surface area contributed by atoms with Crippen molar-refractivity contribution in [2.75, 3.05) is 0 Å². The van der Waals surface area contributed by atoms with Gasteiger partial charge in [0.15, 0.2) is 5.78 Å². The number of ketones is 1. The Balaban J connectivity index is 2.05. The fourth-order valence-corrected chi connectivity index (χ4v) is 3.79. The fourth-order valence-electron chi connectivity index (χ4n) is 3.17. The topological polar surface area (TPSA) is 74.8 Å². The van der Waals surface area contributed by atoms with Gasteiger partial charge in [0.05, 0.1) is 10.6 Å². The maximum Gasteiger partial charge on any atom is 0.275 e. The lowest BCUT2D eigenvalue weighted by Crippen LogP contribution is -2.59. The molecule has 0 aliphatic carbocycles. The zero-order valence-electron chi connectivity index (χ0n) is 15.9. The summed E-state index contributed by atoms with van der Waals surface area (Å²) in [6.45, 7) is 1.45. The summed E-state index contributed by atoms with van der Waals surface area (Å²) in [5, 5.41) is 2.45. The van der Waals surface area contributed by atoms with Gasteiger partial charge >= 0.3 is 0 Å². The molecule has 6 nitrogen and oxygen atoms in total. The van der Waals surface area contributed by atoms with Crippen LogP contribution in [-0.2, 0) is 9.59 Å². The molecule has 0 spiro atoms. The second kappa shape index (κ2) is 9.16. The van der Waals surface area contributed by atoms with Crippen LogP contribution in [0.15, 0.2) is 42.5 Å². The Kier molecular flexibility index (Phi) is 6.81. The maximum atomic E-state index is 13.4. The van der Waals surface area contributed by atoms with E-state index < -0.39 is 29.5 Å². The molecule has 1 heterocycles. The highest BCUT2D eigenvalue weighted by atomic mass is 35.5. The Bertz CT molecular complexity index is 1010. The smallest absolute Gasteiger partial charge is 0.275 e. The number of hydrogen-bond donors (Lipinski definition) is 0. The highest BCUT2D eigenvalue weighted by Crippen LogP contribution is 2.27. The lowest BCUT2D eigenvalue weighted by atomic mass is 10.0.